The van der Waals surface area contributed by atoms with Crippen LogP contribution in [0.25, 0.3) is 55.3 Å². The highest BCUT2D eigenvalue weighted by molar-refractivity contribution is 5.97. The van der Waals surface area contributed by atoms with Crippen LogP contribution in [0.1, 0.15) is 25.0 Å². The number of nitrogens with zero attached hydrogens (tertiary/aromatic N) is 1. The topological polar surface area (TPSA) is 3.24 Å². The molecule has 8 aromatic rings. The fourth-order valence-corrected chi connectivity index (χ4v) is 8.09. The average Bonchev–Trinajstić information content (AvgIpc) is 3.42. The molecule has 9 rings (SSSR count). The number of fused-ring (bicyclic) bond motifs is 4. The summed E-state index contributed by atoms with van der Waals surface area (Å²) < 4.78 is 0. The normalized spacial score (nSPS) is 12.8. The standard InChI is InChI=1S/C49H37N/c1-49(2)45-27-12-10-24-42(45)44-26-15-29-47(48(44)49)50(39-21-14-20-37(33-39)38-31-30-34-16-6-7-19-36(34)32-38)46-28-13-11-25-43(46)41-23-9-8-22-40(41)35-17-4-3-5-18-35/h3-33H,1-2H3. The van der Waals surface area contributed by atoms with Crippen LogP contribution >= 0.6 is 0 Å². The molecule has 238 valence electrons. The van der Waals surface area contributed by atoms with Crippen LogP contribution in [0.5, 0.6) is 0 Å². The van der Waals surface area contributed by atoms with Crippen molar-refractivity contribution in [1.82, 2.24) is 0 Å². The third kappa shape index (κ3) is 4.94. The summed E-state index contributed by atoms with van der Waals surface area (Å²) in [5.41, 5.74) is 15.9. The number of para-hydroxylation sites is 1. The van der Waals surface area contributed by atoms with Crippen LogP contribution in [0.3, 0.4) is 0 Å². The molecular weight excluding hydrogens is 603 g/mol. The molecule has 0 atom stereocenters. The number of anilines is 3. The highest BCUT2D eigenvalue weighted by Crippen LogP contribution is 2.55. The number of benzene rings is 8. The van der Waals surface area contributed by atoms with Crippen molar-refractivity contribution in [3.8, 4) is 44.5 Å². The maximum atomic E-state index is 2.51. The van der Waals surface area contributed by atoms with Crippen molar-refractivity contribution in [3.63, 3.8) is 0 Å². The molecule has 0 aromatic heterocycles. The number of hydrogen-bond donors (Lipinski definition) is 0. The van der Waals surface area contributed by atoms with E-state index in [1.54, 1.807) is 0 Å². The largest absolute Gasteiger partial charge is 0.310 e. The van der Waals surface area contributed by atoms with Gasteiger partial charge in [0.2, 0.25) is 0 Å². The molecule has 1 nitrogen and oxygen atoms in total. The summed E-state index contributed by atoms with van der Waals surface area (Å²) in [6, 6.07) is 68.6. The van der Waals surface area contributed by atoms with Crippen LogP contribution in [-0.2, 0) is 5.41 Å². The Hall–Kier alpha value is -6.18. The number of rotatable bonds is 6. The van der Waals surface area contributed by atoms with Gasteiger partial charge in [-0.05, 0) is 91.2 Å². The minimum Gasteiger partial charge on any atom is -0.310 e. The summed E-state index contributed by atoms with van der Waals surface area (Å²) in [6.07, 6.45) is 0. The Balaban J connectivity index is 1.30. The minimum atomic E-state index is -0.187. The van der Waals surface area contributed by atoms with Crippen LogP contribution in [0.15, 0.2) is 188 Å². The van der Waals surface area contributed by atoms with Gasteiger partial charge in [0.1, 0.15) is 0 Å². The van der Waals surface area contributed by atoms with Crippen LogP contribution in [0.4, 0.5) is 17.1 Å². The second-order valence-corrected chi connectivity index (χ2v) is 13.7. The number of hydrogen-bond acceptors (Lipinski definition) is 1. The van der Waals surface area contributed by atoms with Gasteiger partial charge >= 0.3 is 0 Å². The third-order valence-electron chi connectivity index (χ3n) is 10.4. The first-order valence-electron chi connectivity index (χ1n) is 17.4. The van der Waals surface area contributed by atoms with E-state index in [0.29, 0.717) is 0 Å². The van der Waals surface area contributed by atoms with E-state index < -0.39 is 0 Å². The van der Waals surface area contributed by atoms with Gasteiger partial charge in [-0.25, -0.2) is 0 Å². The van der Waals surface area contributed by atoms with E-state index in [-0.39, 0.29) is 5.41 Å². The first-order chi connectivity index (χ1) is 24.6. The molecule has 0 aliphatic heterocycles. The Labute approximate surface area is 294 Å². The molecule has 50 heavy (non-hydrogen) atoms. The van der Waals surface area contributed by atoms with E-state index in [2.05, 4.69) is 207 Å². The molecule has 0 amide bonds. The molecule has 0 unspecified atom stereocenters. The van der Waals surface area contributed by atoms with Crippen molar-refractivity contribution in [3.05, 3.63) is 199 Å². The van der Waals surface area contributed by atoms with Gasteiger partial charge < -0.3 is 4.90 Å². The minimum absolute atomic E-state index is 0.187. The van der Waals surface area contributed by atoms with Gasteiger partial charge in [0.05, 0.1) is 11.4 Å². The maximum absolute atomic E-state index is 2.51. The molecule has 1 aliphatic carbocycles. The van der Waals surface area contributed by atoms with E-state index in [1.165, 1.54) is 72.1 Å². The quantitative estimate of drug-likeness (QED) is 0.175. The van der Waals surface area contributed by atoms with Crippen molar-refractivity contribution in [1.29, 1.82) is 0 Å². The fraction of sp³-hybridized carbons (Fsp3) is 0.0612. The zero-order valence-corrected chi connectivity index (χ0v) is 28.3. The van der Waals surface area contributed by atoms with Crippen LogP contribution < -0.4 is 4.90 Å². The zero-order valence-electron chi connectivity index (χ0n) is 28.3. The Morgan fingerprint density at radius 3 is 1.78 bits per heavy atom. The van der Waals surface area contributed by atoms with Crippen molar-refractivity contribution < 1.29 is 0 Å². The highest BCUT2D eigenvalue weighted by Gasteiger charge is 2.39. The van der Waals surface area contributed by atoms with Gasteiger partial charge in [-0.15, -0.1) is 0 Å². The van der Waals surface area contributed by atoms with Gasteiger partial charge in [0, 0.05) is 16.7 Å². The first kappa shape index (κ1) is 29.9. The second-order valence-electron chi connectivity index (χ2n) is 13.7. The molecular formula is C49H37N. The summed E-state index contributed by atoms with van der Waals surface area (Å²) in [5, 5.41) is 2.50. The van der Waals surface area contributed by atoms with Crippen molar-refractivity contribution in [2.45, 2.75) is 19.3 Å². The average molecular weight is 640 g/mol. The van der Waals surface area contributed by atoms with Crippen molar-refractivity contribution in [2.75, 3.05) is 4.90 Å². The SMILES string of the molecule is CC1(C)c2ccccc2-c2cccc(N(c3cccc(-c4ccc5ccccc5c4)c3)c3ccccc3-c3ccccc3-c3ccccc3)c21. The summed E-state index contributed by atoms with van der Waals surface area (Å²) in [4.78, 5) is 2.51. The van der Waals surface area contributed by atoms with Gasteiger partial charge in [0.25, 0.3) is 0 Å². The molecule has 0 heterocycles. The lowest BCUT2D eigenvalue weighted by Gasteiger charge is -2.33. The van der Waals surface area contributed by atoms with Gasteiger partial charge in [0.15, 0.2) is 0 Å². The van der Waals surface area contributed by atoms with Crippen molar-refractivity contribution in [2.24, 2.45) is 0 Å². The monoisotopic (exact) mass is 639 g/mol. The van der Waals surface area contributed by atoms with Crippen LogP contribution in [0.2, 0.25) is 0 Å². The van der Waals surface area contributed by atoms with Gasteiger partial charge in [-0.3, -0.25) is 0 Å². The zero-order chi connectivity index (χ0) is 33.7. The van der Waals surface area contributed by atoms with Crippen LogP contribution in [0, 0.1) is 0 Å². The molecule has 1 heteroatoms. The van der Waals surface area contributed by atoms with Gasteiger partial charge in [-0.2, -0.15) is 0 Å². The first-order valence-corrected chi connectivity index (χ1v) is 17.4. The summed E-state index contributed by atoms with van der Waals surface area (Å²) >= 11 is 0. The molecule has 1 aliphatic rings. The van der Waals surface area contributed by atoms with Crippen LogP contribution in [-0.4, -0.2) is 0 Å². The summed E-state index contributed by atoms with van der Waals surface area (Å²) in [5.74, 6) is 0. The predicted octanol–water partition coefficient (Wildman–Crippen LogP) is 13.6. The Morgan fingerprint density at radius 1 is 0.360 bits per heavy atom. The van der Waals surface area contributed by atoms with E-state index in [4.69, 9.17) is 0 Å². The van der Waals surface area contributed by atoms with Gasteiger partial charge in [-0.1, -0.05) is 172 Å². The highest BCUT2D eigenvalue weighted by atomic mass is 15.1. The maximum Gasteiger partial charge on any atom is 0.0540 e. The molecule has 0 radical (unpaired) electrons. The summed E-state index contributed by atoms with van der Waals surface area (Å²) in [6.45, 7) is 4.75. The lowest BCUT2D eigenvalue weighted by atomic mass is 9.81. The van der Waals surface area contributed by atoms with E-state index >= 15 is 0 Å². The molecule has 0 N–H and O–H groups in total. The predicted molar refractivity (Wildman–Crippen MR) is 213 cm³/mol. The van der Waals surface area contributed by atoms with Crippen molar-refractivity contribution >= 4 is 27.8 Å². The lowest BCUT2D eigenvalue weighted by molar-refractivity contribution is 0.661. The second kappa shape index (κ2) is 12.1. The fourth-order valence-electron chi connectivity index (χ4n) is 8.09. The molecule has 0 saturated heterocycles. The van der Waals surface area contributed by atoms with E-state index in [1.807, 2.05) is 0 Å². The molecule has 0 fully saturated rings. The third-order valence-corrected chi connectivity index (χ3v) is 10.4. The Kier molecular flexibility index (Phi) is 7.21. The molecule has 0 bridgehead atoms. The Bertz CT molecular complexity index is 2520. The molecule has 8 aromatic carbocycles. The van der Waals surface area contributed by atoms with E-state index in [9.17, 15) is 0 Å². The Morgan fingerprint density at radius 2 is 0.940 bits per heavy atom. The summed E-state index contributed by atoms with van der Waals surface area (Å²) in [7, 11) is 0. The smallest absolute Gasteiger partial charge is 0.0540 e. The molecule has 0 saturated carbocycles. The van der Waals surface area contributed by atoms with E-state index in [0.717, 1.165) is 11.4 Å². The lowest BCUT2D eigenvalue weighted by Crippen LogP contribution is -2.21. The molecule has 0 spiro atoms.